The zero-order valence-electron chi connectivity index (χ0n) is 14.2. The number of urea groups is 1. The number of benzene rings is 2. The standard InChI is InChI=1S/C19H18N4O2S/c1-14-6-5-9-16(12-14)23-11-10-20-19(23)26-13-17(24)22-18(25)21-15-7-3-2-4-8-15/h2-12H,13H2,1H3,(H2,21,22,24,25). The normalized spacial score (nSPS) is 10.3. The predicted octanol–water partition coefficient (Wildman–Crippen LogP) is 3.62. The monoisotopic (exact) mass is 366 g/mol. The lowest BCUT2D eigenvalue weighted by Crippen LogP contribution is -2.35. The summed E-state index contributed by atoms with van der Waals surface area (Å²) in [6, 6.07) is 16.4. The van der Waals surface area contributed by atoms with E-state index in [4.69, 9.17) is 0 Å². The Bertz CT molecular complexity index is 909. The van der Waals surface area contributed by atoms with Crippen LogP contribution in [0.4, 0.5) is 10.5 Å². The van der Waals surface area contributed by atoms with Gasteiger partial charge in [-0.05, 0) is 36.8 Å². The van der Waals surface area contributed by atoms with Gasteiger partial charge in [-0.25, -0.2) is 9.78 Å². The Hall–Kier alpha value is -3.06. The molecule has 0 radical (unpaired) electrons. The molecule has 0 aliphatic carbocycles. The summed E-state index contributed by atoms with van der Waals surface area (Å²) in [5.74, 6) is -0.298. The van der Waals surface area contributed by atoms with Crippen molar-refractivity contribution in [2.45, 2.75) is 12.1 Å². The molecule has 0 atom stereocenters. The lowest BCUT2D eigenvalue weighted by atomic mass is 10.2. The molecule has 0 aliphatic heterocycles. The second kappa shape index (κ2) is 8.35. The van der Waals surface area contributed by atoms with Gasteiger partial charge >= 0.3 is 6.03 Å². The minimum absolute atomic E-state index is 0.0883. The third-order valence-electron chi connectivity index (χ3n) is 3.50. The number of carbonyl (C=O) groups is 2. The molecule has 1 heterocycles. The predicted molar refractivity (Wildman–Crippen MR) is 103 cm³/mol. The number of thioether (sulfide) groups is 1. The molecule has 1 aromatic heterocycles. The molecule has 0 bridgehead atoms. The zero-order valence-corrected chi connectivity index (χ0v) is 15.0. The number of hydrogen-bond acceptors (Lipinski definition) is 4. The molecular formula is C19H18N4O2S. The summed E-state index contributed by atoms with van der Waals surface area (Å²) >= 11 is 1.27. The van der Waals surface area contributed by atoms with Gasteiger partial charge in [-0.2, -0.15) is 0 Å². The van der Waals surface area contributed by atoms with Crippen LogP contribution in [0.15, 0.2) is 72.1 Å². The minimum Gasteiger partial charge on any atom is -0.308 e. The van der Waals surface area contributed by atoms with Crippen LogP contribution in [0.2, 0.25) is 0 Å². The van der Waals surface area contributed by atoms with Crippen LogP contribution < -0.4 is 10.6 Å². The summed E-state index contributed by atoms with van der Waals surface area (Å²) in [6.07, 6.45) is 3.53. The smallest absolute Gasteiger partial charge is 0.308 e. The van der Waals surface area contributed by atoms with Crippen molar-refractivity contribution >= 4 is 29.4 Å². The highest BCUT2D eigenvalue weighted by atomic mass is 32.2. The van der Waals surface area contributed by atoms with E-state index >= 15 is 0 Å². The first-order chi connectivity index (χ1) is 12.6. The van der Waals surface area contributed by atoms with Gasteiger partial charge in [0.15, 0.2) is 5.16 Å². The number of hydrogen-bond donors (Lipinski definition) is 2. The van der Waals surface area contributed by atoms with Crippen molar-refractivity contribution < 1.29 is 9.59 Å². The molecule has 7 heteroatoms. The van der Waals surface area contributed by atoms with Crippen LogP contribution in [0, 0.1) is 6.92 Å². The number of aryl methyl sites for hydroxylation is 1. The quantitative estimate of drug-likeness (QED) is 0.676. The maximum Gasteiger partial charge on any atom is 0.325 e. The van der Waals surface area contributed by atoms with Gasteiger partial charge in [0.05, 0.1) is 5.75 Å². The molecule has 0 aliphatic rings. The van der Waals surface area contributed by atoms with E-state index in [2.05, 4.69) is 15.6 Å². The van der Waals surface area contributed by atoms with Gasteiger partial charge in [0.2, 0.25) is 5.91 Å². The molecule has 26 heavy (non-hydrogen) atoms. The second-order valence-corrected chi connectivity index (χ2v) is 6.52. The number of anilines is 1. The highest BCUT2D eigenvalue weighted by Crippen LogP contribution is 2.20. The molecule has 132 valence electrons. The fraction of sp³-hybridized carbons (Fsp3) is 0.105. The third kappa shape index (κ3) is 4.73. The maximum atomic E-state index is 12.0. The van der Waals surface area contributed by atoms with Crippen molar-refractivity contribution in [1.82, 2.24) is 14.9 Å². The van der Waals surface area contributed by atoms with Gasteiger partial charge in [0.25, 0.3) is 0 Å². The highest BCUT2D eigenvalue weighted by molar-refractivity contribution is 7.99. The van der Waals surface area contributed by atoms with Crippen LogP contribution in [0.5, 0.6) is 0 Å². The molecule has 3 amide bonds. The third-order valence-corrected chi connectivity index (χ3v) is 4.47. The summed E-state index contributed by atoms with van der Waals surface area (Å²) in [5.41, 5.74) is 2.75. The Kier molecular flexibility index (Phi) is 5.70. The summed E-state index contributed by atoms with van der Waals surface area (Å²) in [5, 5.41) is 5.61. The van der Waals surface area contributed by atoms with Crippen LogP contribution in [-0.2, 0) is 4.79 Å². The van der Waals surface area contributed by atoms with E-state index in [0.29, 0.717) is 10.8 Å². The molecule has 3 aromatic rings. The fourth-order valence-electron chi connectivity index (χ4n) is 2.35. The molecule has 0 spiro atoms. The lowest BCUT2D eigenvalue weighted by molar-refractivity contribution is -0.117. The molecule has 2 aromatic carbocycles. The van der Waals surface area contributed by atoms with Crippen LogP contribution in [0.3, 0.4) is 0 Å². The molecule has 0 fully saturated rings. The van der Waals surface area contributed by atoms with E-state index in [0.717, 1.165) is 11.3 Å². The number of aromatic nitrogens is 2. The minimum atomic E-state index is -0.552. The van der Waals surface area contributed by atoms with E-state index in [1.54, 1.807) is 30.5 Å². The average molecular weight is 366 g/mol. The Balaban J connectivity index is 1.55. The molecule has 0 saturated heterocycles. The fourth-order valence-corrected chi connectivity index (χ4v) is 3.12. The van der Waals surface area contributed by atoms with Gasteiger partial charge in [0, 0.05) is 23.8 Å². The van der Waals surface area contributed by atoms with Gasteiger partial charge in [-0.15, -0.1) is 0 Å². The summed E-state index contributed by atoms with van der Waals surface area (Å²) in [6.45, 7) is 2.02. The largest absolute Gasteiger partial charge is 0.325 e. The number of amides is 3. The Morgan fingerprint density at radius 1 is 1.12 bits per heavy atom. The number of carbonyl (C=O) groups excluding carboxylic acids is 2. The van der Waals surface area contributed by atoms with E-state index in [-0.39, 0.29) is 11.7 Å². The van der Waals surface area contributed by atoms with Crippen molar-refractivity contribution in [3.63, 3.8) is 0 Å². The van der Waals surface area contributed by atoms with Crippen LogP contribution in [0.25, 0.3) is 5.69 Å². The van der Waals surface area contributed by atoms with Crippen LogP contribution in [0.1, 0.15) is 5.56 Å². The number of nitrogens with zero attached hydrogens (tertiary/aromatic N) is 2. The van der Waals surface area contributed by atoms with Crippen LogP contribution in [-0.4, -0.2) is 27.2 Å². The van der Waals surface area contributed by atoms with E-state index in [1.807, 2.05) is 48.0 Å². The summed E-state index contributed by atoms with van der Waals surface area (Å²) in [4.78, 5) is 28.1. The summed E-state index contributed by atoms with van der Waals surface area (Å²) < 4.78 is 1.91. The zero-order chi connectivity index (χ0) is 18.4. The Labute approximate surface area is 155 Å². The molecule has 2 N–H and O–H groups in total. The van der Waals surface area contributed by atoms with Crippen molar-refractivity contribution in [3.05, 3.63) is 72.6 Å². The molecule has 6 nitrogen and oxygen atoms in total. The van der Waals surface area contributed by atoms with Crippen molar-refractivity contribution in [2.24, 2.45) is 0 Å². The Morgan fingerprint density at radius 3 is 2.69 bits per heavy atom. The van der Waals surface area contributed by atoms with Gasteiger partial charge in [0.1, 0.15) is 0 Å². The molecule has 3 rings (SSSR count). The number of nitrogens with one attached hydrogen (secondary N) is 2. The number of para-hydroxylation sites is 1. The first-order valence-corrected chi connectivity index (χ1v) is 8.99. The topological polar surface area (TPSA) is 76.0 Å². The van der Waals surface area contributed by atoms with Crippen LogP contribution >= 0.6 is 11.8 Å². The molecular weight excluding hydrogens is 348 g/mol. The van der Waals surface area contributed by atoms with Gasteiger partial charge in [-0.3, -0.25) is 14.7 Å². The lowest BCUT2D eigenvalue weighted by Gasteiger charge is -2.09. The van der Waals surface area contributed by atoms with E-state index < -0.39 is 6.03 Å². The number of rotatable bonds is 5. The second-order valence-electron chi connectivity index (χ2n) is 5.58. The van der Waals surface area contributed by atoms with Crippen molar-refractivity contribution in [2.75, 3.05) is 11.1 Å². The van der Waals surface area contributed by atoms with Crippen molar-refractivity contribution in [3.8, 4) is 5.69 Å². The molecule has 0 unspecified atom stereocenters. The number of imidazole rings is 1. The first-order valence-electron chi connectivity index (χ1n) is 8.01. The SMILES string of the molecule is Cc1cccc(-n2ccnc2SCC(=O)NC(=O)Nc2ccccc2)c1. The van der Waals surface area contributed by atoms with E-state index in [9.17, 15) is 9.59 Å². The first kappa shape index (κ1) is 17.8. The van der Waals surface area contributed by atoms with Crippen molar-refractivity contribution in [1.29, 1.82) is 0 Å². The average Bonchev–Trinajstić information content (AvgIpc) is 3.09. The highest BCUT2D eigenvalue weighted by Gasteiger charge is 2.12. The van der Waals surface area contributed by atoms with Gasteiger partial charge in [-0.1, -0.05) is 42.1 Å². The van der Waals surface area contributed by atoms with Gasteiger partial charge < -0.3 is 5.32 Å². The maximum absolute atomic E-state index is 12.0. The van der Waals surface area contributed by atoms with E-state index in [1.165, 1.54) is 11.8 Å². The summed E-state index contributed by atoms with van der Waals surface area (Å²) in [7, 11) is 0. The molecule has 0 saturated carbocycles. The Morgan fingerprint density at radius 2 is 1.92 bits per heavy atom. The number of imide groups is 1.